The van der Waals surface area contributed by atoms with Crippen LogP contribution in [0.1, 0.15) is 32.8 Å². The predicted octanol–water partition coefficient (Wildman–Crippen LogP) is 2.41. The van der Waals surface area contributed by atoms with E-state index in [2.05, 4.69) is 15.0 Å². The second kappa shape index (κ2) is 9.55. The number of carbonyl (C=O) groups is 3. The summed E-state index contributed by atoms with van der Waals surface area (Å²) < 4.78 is 9.85. The van der Waals surface area contributed by atoms with Crippen molar-refractivity contribution in [3.05, 3.63) is 76.9 Å². The number of pyridine rings is 1. The molecule has 2 N–H and O–H groups in total. The number of hydrogen-bond donors (Lipinski definition) is 2. The standard InChI is InChI=1S/C21H21N3O6/c1-29-20(27)17-11-15(7-9-22-17)19(26)23-16-8-10-24(12-18(16)25)21(28)30-13-14-5-3-2-4-6-14/h2-7,9,11,25H,8,10,12-13H2,1H3,(H,23,26). The summed E-state index contributed by atoms with van der Waals surface area (Å²) in [5.74, 6) is -1.30. The first-order valence-corrected chi connectivity index (χ1v) is 9.20. The van der Waals surface area contributed by atoms with Crippen molar-refractivity contribution in [2.75, 3.05) is 20.2 Å². The number of aromatic nitrogens is 1. The van der Waals surface area contributed by atoms with Crippen molar-refractivity contribution in [1.29, 1.82) is 0 Å². The van der Waals surface area contributed by atoms with Gasteiger partial charge in [0, 0.05) is 24.7 Å². The van der Waals surface area contributed by atoms with Crippen molar-refractivity contribution < 1.29 is 29.0 Å². The molecule has 0 saturated heterocycles. The molecule has 9 nitrogen and oxygen atoms in total. The second-order valence-electron chi connectivity index (χ2n) is 6.51. The summed E-state index contributed by atoms with van der Waals surface area (Å²) in [4.78, 5) is 41.4. The van der Waals surface area contributed by atoms with Crippen LogP contribution in [0.2, 0.25) is 0 Å². The minimum Gasteiger partial charge on any atom is -0.509 e. The Morgan fingerprint density at radius 1 is 1.20 bits per heavy atom. The van der Waals surface area contributed by atoms with Gasteiger partial charge in [0.2, 0.25) is 0 Å². The summed E-state index contributed by atoms with van der Waals surface area (Å²) >= 11 is 0. The molecule has 0 unspecified atom stereocenters. The first-order chi connectivity index (χ1) is 14.5. The lowest BCUT2D eigenvalue weighted by atomic mass is 10.1. The van der Waals surface area contributed by atoms with E-state index in [9.17, 15) is 19.5 Å². The SMILES string of the molecule is COC(=O)c1cc(C(=O)NC2=C(O)CN(C(=O)OCc3ccccc3)CC2)ccn1. The molecule has 1 aliphatic rings. The molecule has 1 aromatic carbocycles. The maximum absolute atomic E-state index is 12.5. The van der Waals surface area contributed by atoms with Crippen LogP contribution in [0.4, 0.5) is 4.79 Å². The molecule has 3 rings (SSSR count). The summed E-state index contributed by atoms with van der Waals surface area (Å²) in [6.07, 6.45) is 1.01. The zero-order valence-electron chi connectivity index (χ0n) is 16.3. The minimum atomic E-state index is -0.658. The molecule has 2 aromatic rings. The molecule has 0 radical (unpaired) electrons. The molecule has 0 fully saturated rings. The topological polar surface area (TPSA) is 118 Å². The van der Waals surface area contributed by atoms with E-state index < -0.39 is 18.0 Å². The fraction of sp³-hybridized carbons (Fsp3) is 0.238. The van der Waals surface area contributed by atoms with Crippen molar-refractivity contribution in [3.63, 3.8) is 0 Å². The molecule has 0 spiro atoms. The number of amides is 2. The van der Waals surface area contributed by atoms with Crippen molar-refractivity contribution in [2.45, 2.75) is 13.0 Å². The molecular weight excluding hydrogens is 390 g/mol. The average molecular weight is 411 g/mol. The molecule has 156 valence electrons. The summed E-state index contributed by atoms with van der Waals surface area (Å²) in [6.45, 7) is 0.332. The molecule has 0 saturated carbocycles. The van der Waals surface area contributed by atoms with Crippen LogP contribution in [0.5, 0.6) is 0 Å². The molecule has 30 heavy (non-hydrogen) atoms. The van der Waals surface area contributed by atoms with Gasteiger partial charge in [-0.2, -0.15) is 0 Å². The third-order valence-electron chi connectivity index (χ3n) is 4.47. The van der Waals surface area contributed by atoms with Crippen LogP contribution in [0.25, 0.3) is 0 Å². The van der Waals surface area contributed by atoms with Gasteiger partial charge in [-0.25, -0.2) is 14.6 Å². The van der Waals surface area contributed by atoms with Crippen molar-refractivity contribution in [3.8, 4) is 0 Å². The Labute approximate surface area is 172 Å². The molecular formula is C21H21N3O6. The number of nitrogens with one attached hydrogen (secondary N) is 1. The Kier molecular flexibility index (Phi) is 6.63. The van der Waals surface area contributed by atoms with Crippen LogP contribution in [0, 0.1) is 0 Å². The lowest BCUT2D eigenvalue weighted by molar-refractivity contribution is 0.0594. The quantitative estimate of drug-likeness (QED) is 0.726. The Bertz CT molecular complexity index is 974. The van der Waals surface area contributed by atoms with Crippen molar-refractivity contribution in [1.82, 2.24) is 15.2 Å². The largest absolute Gasteiger partial charge is 0.509 e. The van der Waals surface area contributed by atoms with Gasteiger partial charge < -0.3 is 24.8 Å². The number of esters is 1. The highest BCUT2D eigenvalue weighted by atomic mass is 16.6. The summed E-state index contributed by atoms with van der Waals surface area (Å²) in [7, 11) is 1.22. The molecule has 1 aromatic heterocycles. The highest BCUT2D eigenvalue weighted by Crippen LogP contribution is 2.16. The predicted molar refractivity (Wildman–Crippen MR) is 106 cm³/mol. The van der Waals surface area contributed by atoms with Crippen LogP contribution in [-0.4, -0.2) is 53.2 Å². The zero-order valence-corrected chi connectivity index (χ0v) is 16.3. The fourth-order valence-corrected chi connectivity index (χ4v) is 2.84. The number of aliphatic hydroxyl groups is 1. The van der Waals surface area contributed by atoms with Gasteiger partial charge in [0.05, 0.1) is 19.4 Å². The second-order valence-corrected chi connectivity index (χ2v) is 6.51. The summed E-state index contributed by atoms with van der Waals surface area (Å²) in [5.41, 5.74) is 1.36. The van der Waals surface area contributed by atoms with E-state index in [1.54, 1.807) is 0 Å². The number of aliphatic hydroxyl groups excluding tert-OH is 1. The maximum atomic E-state index is 12.5. The lowest BCUT2D eigenvalue weighted by Crippen LogP contribution is -2.40. The van der Waals surface area contributed by atoms with E-state index in [0.29, 0.717) is 5.70 Å². The van der Waals surface area contributed by atoms with E-state index in [0.717, 1.165) is 5.56 Å². The first kappa shape index (κ1) is 20.8. The summed E-state index contributed by atoms with van der Waals surface area (Å²) in [5, 5.41) is 12.9. The number of methoxy groups -OCH3 is 1. The normalized spacial score (nSPS) is 13.6. The third kappa shape index (κ3) is 5.13. The van der Waals surface area contributed by atoms with Crippen LogP contribution in [-0.2, 0) is 16.1 Å². The van der Waals surface area contributed by atoms with Gasteiger partial charge in [0.1, 0.15) is 18.1 Å². The van der Waals surface area contributed by atoms with Gasteiger partial charge in [-0.3, -0.25) is 4.79 Å². The Balaban J connectivity index is 1.58. The Morgan fingerprint density at radius 2 is 1.97 bits per heavy atom. The third-order valence-corrected chi connectivity index (χ3v) is 4.47. The van der Waals surface area contributed by atoms with Crippen LogP contribution in [0.15, 0.2) is 60.1 Å². The van der Waals surface area contributed by atoms with E-state index in [-0.39, 0.29) is 43.1 Å². The molecule has 0 bridgehead atoms. The Morgan fingerprint density at radius 3 is 2.67 bits per heavy atom. The smallest absolute Gasteiger partial charge is 0.410 e. The number of carbonyl (C=O) groups excluding carboxylic acids is 3. The molecule has 0 aliphatic carbocycles. The molecule has 0 atom stereocenters. The number of ether oxygens (including phenoxy) is 2. The average Bonchev–Trinajstić information content (AvgIpc) is 2.78. The van der Waals surface area contributed by atoms with Gasteiger partial charge in [-0.15, -0.1) is 0 Å². The van der Waals surface area contributed by atoms with E-state index >= 15 is 0 Å². The molecule has 9 heteroatoms. The molecule has 1 aliphatic heterocycles. The van der Waals surface area contributed by atoms with Gasteiger partial charge in [-0.05, 0) is 17.7 Å². The van der Waals surface area contributed by atoms with E-state index in [1.165, 1.54) is 30.3 Å². The van der Waals surface area contributed by atoms with E-state index in [4.69, 9.17) is 4.74 Å². The zero-order chi connectivity index (χ0) is 21.5. The summed E-state index contributed by atoms with van der Waals surface area (Å²) in [6, 6.07) is 12.0. The van der Waals surface area contributed by atoms with Gasteiger partial charge in [-0.1, -0.05) is 30.3 Å². The van der Waals surface area contributed by atoms with Crippen LogP contribution >= 0.6 is 0 Å². The van der Waals surface area contributed by atoms with Gasteiger partial charge in [0.25, 0.3) is 5.91 Å². The first-order valence-electron chi connectivity index (χ1n) is 9.20. The highest BCUT2D eigenvalue weighted by molar-refractivity contribution is 5.97. The van der Waals surface area contributed by atoms with Crippen molar-refractivity contribution >= 4 is 18.0 Å². The minimum absolute atomic E-state index is 0.000618. The maximum Gasteiger partial charge on any atom is 0.410 e. The highest BCUT2D eigenvalue weighted by Gasteiger charge is 2.25. The monoisotopic (exact) mass is 411 g/mol. The van der Waals surface area contributed by atoms with E-state index in [1.807, 2.05) is 30.3 Å². The number of nitrogens with zero attached hydrogens (tertiary/aromatic N) is 2. The lowest BCUT2D eigenvalue weighted by Gasteiger charge is -2.28. The number of rotatable bonds is 5. The van der Waals surface area contributed by atoms with Gasteiger partial charge >= 0.3 is 12.1 Å². The number of hydrogen-bond acceptors (Lipinski definition) is 7. The van der Waals surface area contributed by atoms with Crippen LogP contribution < -0.4 is 5.32 Å². The van der Waals surface area contributed by atoms with Crippen molar-refractivity contribution in [2.24, 2.45) is 0 Å². The van der Waals surface area contributed by atoms with Crippen LogP contribution in [0.3, 0.4) is 0 Å². The number of benzene rings is 1. The molecule has 2 amide bonds. The molecule has 2 heterocycles. The van der Waals surface area contributed by atoms with Gasteiger partial charge in [0.15, 0.2) is 0 Å². The fourth-order valence-electron chi connectivity index (χ4n) is 2.84. The Hall–Kier alpha value is -3.88.